The Morgan fingerprint density at radius 3 is 1.26 bits per heavy atom. The van der Waals surface area contributed by atoms with Gasteiger partial charge in [-0.3, -0.25) is 0 Å². The molecule has 0 aliphatic heterocycles. The number of nitrogens with zero attached hydrogens (tertiary/aromatic N) is 6. The van der Waals surface area contributed by atoms with Crippen molar-refractivity contribution in [2.45, 2.75) is 19.3 Å². The molecule has 3 aromatic rings. The molecule has 1 saturated carbocycles. The van der Waals surface area contributed by atoms with Gasteiger partial charge in [0.15, 0.2) is 0 Å². The van der Waals surface area contributed by atoms with E-state index in [2.05, 4.69) is 47.9 Å². The van der Waals surface area contributed by atoms with Gasteiger partial charge in [0.2, 0.25) is 0 Å². The zero-order valence-electron chi connectivity index (χ0n) is 14.5. The molecule has 1 fully saturated rings. The second-order valence-electron chi connectivity index (χ2n) is 4.90. The SMILES string of the molecule is [C-]#[O+].[C-]#[O+].[CH]1[CH]CCC[CH]1.[Mo+2].c1cnn([B-](n2cccn2)n2cccn2)c1. The topological polar surface area (TPSA) is 93.3 Å². The molecule has 0 spiro atoms. The maximum atomic E-state index is 7.50. The Morgan fingerprint density at radius 1 is 0.704 bits per heavy atom. The van der Waals surface area contributed by atoms with Crippen LogP contribution in [0, 0.1) is 32.6 Å². The third-order valence-electron chi connectivity index (χ3n) is 3.30. The maximum Gasteiger partial charge on any atom is 2.00 e. The van der Waals surface area contributed by atoms with Gasteiger partial charge in [0.05, 0.1) is 0 Å². The van der Waals surface area contributed by atoms with E-state index >= 15 is 0 Å². The average Bonchev–Trinajstić information content (AvgIpc) is 3.52. The van der Waals surface area contributed by atoms with Crippen LogP contribution in [0.3, 0.4) is 0 Å². The molecule has 0 aromatic carbocycles. The first-order valence-electron chi connectivity index (χ1n) is 7.82. The van der Waals surface area contributed by atoms with Crippen molar-refractivity contribution in [3.8, 4) is 0 Å². The molecule has 0 N–H and O–H groups in total. The van der Waals surface area contributed by atoms with Crippen molar-refractivity contribution in [3.05, 3.63) is 87.9 Å². The molecule has 0 amide bonds. The Labute approximate surface area is 173 Å². The minimum absolute atomic E-state index is 0. The fourth-order valence-electron chi connectivity index (χ4n) is 2.26. The van der Waals surface area contributed by atoms with Crippen LogP contribution >= 0.6 is 0 Å². The normalized spacial score (nSPS) is 12.0. The summed E-state index contributed by atoms with van der Waals surface area (Å²) in [6.45, 7) is 9.00. The van der Waals surface area contributed by atoms with E-state index in [9.17, 15) is 0 Å². The van der Waals surface area contributed by atoms with Gasteiger partial charge in [0.1, 0.15) is 0 Å². The predicted molar refractivity (Wildman–Crippen MR) is 93.2 cm³/mol. The molecule has 1 aliphatic carbocycles. The Morgan fingerprint density at radius 2 is 1.07 bits per heavy atom. The van der Waals surface area contributed by atoms with Crippen LogP contribution < -0.4 is 0 Å². The largest absolute Gasteiger partial charge is 2.00 e. The summed E-state index contributed by atoms with van der Waals surface area (Å²) >= 11 is 0. The first-order valence-corrected chi connectivity index (χ1v) is 7.82. The van der Waals surface area contributed by atoms with Crippen molar-refractivity contribution >= 4 is 7.12 Å². The van der Waals surface area contributed by atoms with Crippen LogP contribution in [0.15, 0.2) is 55.4 Å². The minimum Gasteiger partial charge on any atom is -0.425 e. The zero-order valence-corrected chi connectivity index (χ0v) is 16.5. The number of hydrogen-bond donors (Lipinski definition) is 0. The first kappa shape index (κ1) is 24.9. The van der Waals surface area contributed by atoms with Crippen molar-refractivity contribution in [1.29, 1.82) is 0 Å². The maximum absolute atomic E-state index is 7.50. The number of aromatic nitrogens is 6. The monoisotopic (exact) mass is 447 g/mol. The molecular weight excluding hydrogens is 427 g/mol. The van der Waals surface area contributed by atoms with Gasteiger partial charge in [-0.1, -0.05) is 6.42 Å². The second-order valence-corrected chi connectivity index (χ2v) is 4.90. The van der Waals surface area contributed by atoms with Gasteiger partial charge >= 0.3 is 43.7 Å². The molecular formula is C17H18BMoN6O2+. The van der Waals surface area contributed by atoms with E-state index in [-0.39, 0.29) is 28.2 Å². The standard InChI is InChI=1S/C9H9BN6.C6H9.2CO.Mo/c1-4-11-14(7-1)10(15-8-2-5-12-15)16-9-3-6-13-16;1-2-4-6-5-3-1;2*1-2;/h1-9H;1-3H,4-6H2;;;/q-1;;;;+2. The van der Waals surface area contributed by atoms with Crippen LogP contribution in [-0.4, -0.2) is 36.2 Å². The molecule has 136 valence electrons. The summed E-state index contributed by atoms with van der Waals surface area (Å²) in [5.74, 6) is 0. The van der Waals surface area contributed by atoms with Crippen molar-refractivity contribution in [2.24, 2.45) is 0 Å². The Kier molecular flexibility index (Phi) is 14.8. The zero-order chi connectivity index (χ0) is 19.0. The molecule has 10 heteroatoms. The fraction of sp³-hybridized carbons (Fsp3) is 0.176. The molecule has 3 aromatic heterocycles. The number of hydrogen-bond acceptors (Lipinski definition) is 3. The van der Waals surface area contributed by atoms with Crippen molar-refractivity contribution in [3.63, 3.8) is 0 Å². The average molecular weight is 445 g/mol. The van der Waals surface area contributed by atoms with Gasteiger partial charge in [-0.2, -0.15) is 0 Å². The molecule has 27 heavy (non-hydrogen) atoms. The van der Waals surface area contributed by atoms with Crippen molar-refractivity contribution in [2.75, 3.05) is 0 Å². The third-order valence-corrected chi connectivity index (χ3v) is 3.30. The molecule has 8 nitrogen and oxygen atoms in total. The first-order chi connectivity index (χ1) is 12.9. The van der Waals surface area contributed by atoms with Crippen LogP contribution in [-0.2, 0) is 30.4 Å². The van der Waals surface area contributed by atoms with E-state index in [1.54, 1.807) is 32.4 Å². The summed E-state index contributed by atoms with van der Waals surface area (Å²) in [6, 6.07) is 5.62. The predicted octanol–water partition coefficient (Wildman–Crippen LogP) is 1.91. The number of rotatable bonds is 3. The summed E-state index contributed by atoms with van der Waals surface area (Å²) in [4.78, 5) is 0. The molecule has 0 bridgehead atoms. The molecule has 0 atom stereocenters. The van der Waals surface area contributed by atoms with Crippen LogP contribution in [0.2, 0.25) is 0 Å². The van der Waals surface area contributed by atoms with Crippen molar-refractivity contribution in [1.82, 2.24) is 29.1 Å². The molecule has 0 unspecified atom stereocenters. The van der Waals surface area contributed by atoms with Crippen LogP contribution in [0.5, 0.6) is 0 Å². The van der Waals surface area contributed by atoms with Crippen LogP contribution in [0.1, 0.15) is 19.3 Å². The van der Waals surface area contributed by atoms with Gasteiger partial charge in [-0.05, 0) is 68.9 Å². The van der Waals surface area contributed by atoms with E-state index in [1.165, 1.54) is 19.3 Å². The van der Waals surface area contributed by atoms with Gasteiger partial charge in [0, 0.05) is 18.6 Å². The molecule has 4 radical (unpaired) electrons. The molecule has 4 rings (SSSR count). The summed E-state index contributed by atoms with van der Waals surface area (Å²) < 4.78 is 20.4. The van der Waals surface area contributed by atoms with Crippen LogP contribution in [0.25, 0.3) is 0 Å². The molecule has 1 aliphatic rings. The Hall–Kier alpha value is -2.14. The summed E-state index contributed by atoms with van der Waals surface area (Å²) in [6.07, 6.45) is 21.4. The summed E-state index contributed by atoms with van der Waals surface area (Å²) in [7, 11) is -0.194. The van der Waals surface area contributed by atoms with Crippen LogP contribution in [0.4, 0.5) is 0 Å². The van der Waals surface area contributed by atoms with Gasteiger partial charge < -0.3 is 13.8 Å². The van der Waals surface area contributed by atoms with Gasteiger partial charge in [-0.15, -0.1) is 0 Å². The van der Waals surface area contributed by atoms with Gasteiger partial charge in [-0.25, -0.2) is 15.3 Å². The minimum atomic E-state index is -0.194. The van der Waals surface area contributed by atoms with Gasteiger partial charge in [0.25, 0.3) is 7.12 Å². The fourth-order valence-corrected chi connectivity index (χ4v) is 2.26. The second kappa shape index (κ2) is 16.1. The molecule has 0 saturated heterocycles. The van der Waals surface area contributed by atoms with E-state index in [4.69, 9.17) is 9.30 Å². The van der Waals surface area contributed by atoms with E-state index in [0.29, 0.717) is 0 Å². The summed E-state index contributed by atoms with van der Waals surface area (Å²) in [5, 5.41) is 12.7. The Balaban J connectivity index is 0.000000521. The third kappa shape index (κ3) is 8.39. The van der Waals surface area contributed by atoms with Crippen molar-refractivity contribution < 1.29 is 30.4 Å². The van der Waals surface area contributed by atoms with E-state index < -0.39 is 0 Å². The van der Waals surface area contributed by atoms with E-state index in [1.807, 2.05) is 36.8 Å². The summed E-state index contributed by atoms with van der Waals surface area (Å²) in [5.41, 5.74) is 0. The molecule has 3 heterocycles. The Bertz CT molecular complexity index is 610. The quantitative estimate of drug-likeness (QED) is 0.350. The smallest absolute Gasteiger partial charge is 0.425 e. The van der Waals surface area contributed by atoms with E-state index in [0.717, 1.165) is 0 Å².